The van der Waals surface area contributed by atoms with Crippen LogP contribution in [-0.2, 0) is 6.42 Å². The molecule has 32 heavy (non-hydrogen) atoms. The number of rotatable bonds is 3. The number of carboxylic acid groups (broad SMARTS) is 1. The number of alkyl halides is 3. The van der Waals surface area contributed by atoms with Gasteiger partial charge in [0, 0.05) is 6.04 Å². The minimum Gasteiger partial charge on any atom is -0.465 e. The van der Waals surface area contributed by atoms with Crippen LogP contribution in [0.1, 0.15) is 43.4 Å². The molecule has 0 radical (unpaired) electrons. The van der Waals surface area contributed by atoms with E-state index >= 15 is 0 Å². The Bertz CT molecular complexity index is 1050. The smallest absolute Gasteiger partial charge is 0.412 e. The Labute approximate surface area is 193 Å². The van der Waals surface area contributed by atoms with Crippen molar-refractivity contribution in [1.29, 1.82) is 0 Å². The summed E-state index contributed by atoms with van der Waals surface area (Å²) in [5, 5.41) is 8.68. The molecule has 0 fully saturated rings. The van der Waals surface area contributed by atoms with E-state index in [0.29, 0.717) is 17.7 Å². The van der Waals surface area contributed by atoms with Gasteiger partial charge in [-0.1, -0.05) is 62.2 Å². The highest BCUT2D eigenvalue weighted by atomic mass is 35.5. The quantitative estimate of drug-likeness (QED) is 0.351. The number of allylic oxidation sites excluding steroid dienone is 1. The first-order valence-corrected chi connectivity index (χ1v) is 10.5. The number of halogens is 6. The molecule has 9 heteroatoms. The monoisotopic (exact) mass is 489 g/mol. The maximum atomic E-state index is 13.7. The molecule has 0 bridgehead atoms. The van der Waals surface area contributed by atoms with Gasteiger partial charge < -0.3 is 5.11 Å². The molecule has 0 aliphatic carbocycles. The van der Waals surface area contributed by atoms with Gasteiger partial charge in [0.1, 0.15) is 0 Å². The van der Waals surface area contributed by atoms with E-state index in [-0.39, 0.29) is 17.0 Å². The summed E-state index contributed by atoms with van der Waals surface area (Å²) < 4.78 is 54.8. The highest BCUT2D eigenvalue weighted by Gasteiger charge is 2.41. The van der Waals surface area contributed by atoms with Gasteiger partial charge in [-0.3, -0.25) is 4.90 Å². The summed E-state index contributed by atoms with van der Waals surface area (Å²) in [5.41, 5.74) is 1.15. The number of amides is 1. The van der Waals surface area contributed by atoms with E-state index in [1.54, 1.807) is 18.2 Å². The van der Waals surface area contributed by atoms with Crippen molar-refractivity contribution in [3.8, 4) is 0 Å². The minimum absolute atomic E-state index is 0.281. The lowest BCUT2D eigenvalue weighted by Gasteiger charge is -2.33. The molecule has 3 rings (SSSR count). The normalized spacial score (nSPS) is 17.7. The number of benzene rings is 2. The first-order chi connectivity index (χ1) is 14.7. The van der Waals surface area contributed by atoms with Crippen LogP contribution < -0.4 is 4.90 Å². The number of hydrogen-bond acceptors (Lipinski definition) is 1. The number of nitrogens with zero attached hydrogens (tertiary/aromatic N) is 1. The first kappa shape index (κ1) is 24.4. The van der Waals surface area contributed by atoms with Crippen molar-refractivity contribution in [3.05, 3.63) is 69.0 Å². The van der Waals surface area contributed by atoms with E-state index in [4.69, 9.17) is 23.2 Å². The minimum atomic E-state index is -4.66. The van der Waals surface area contributed by atoms with Crippen molar-refractivity contribution in [3.63, 3.8) is 0 Å². The Morgan fingerprint density at radius 1 is 1.16 bits per heavy atom. The Kier molecular flexibility index (Phi) is 6.55. The third-order valence-electron chi connectivity index (χ3n) is 5.49. The molecule has 2 unspecified atom stereocenters. The van der Waals surface area contributed by atoms with E-state index < -0.39 is 34.0 Å². The number of anilines is 1. The fourth-order valence-electron chi connectivity index (χ4n) is 3.88. The Hall–Kier alpha value is -2.25. The van der Waals surface area contributed by atoms with E-state index in [1.165, 1.54) is 11.0 Å². The molecule has 172 valence electrons. The summed E-state index contributed by atoms with van der Waals surface area (Å²) in [6.45, 7) is 5.81. The zero-order chi connectivity index (χ0) is 24.0. The molecular weight excluding hydrogens is 469 g/mol. The molecule has 1 amide bonds. The van der Waals surface area contributed by atoms with Crippen LogP contribution in [0.3, 0.4) is 0 Å². The fraction of sp³-hybridized carbons (Fsp3) is 0.348. The lowest BCUT2D eigenvalue weighted by molar-refractivity contribution is -0.139. The molecule has 3 nitrogen and oxygen atoms in total. The van der Waals surface area contributed by atoms with Crippen LogP contribution in [0.4, 0.5) is 28.0 Å². The summed E-state index contributed by atoms with van der Waals surface area (Å²) >= 11 is 11.4. The third-order valence-corrected chi connectivity index (χ3v) is 6.04. The molecular formula is C23H21Cl2F4NO2. The van der Waals surface area contributed by atoms with Gasteiger partial charge in [0.25, 0.3) is 0 Å². The highest BCUT2D eigenvalue weighted by molar-refractivity contribution is 6.35. The largest absolute Gasteiger partial charge is 0.465 e. The fourth-order valence-corrected chi connectivity index (χ4v) is 4.38. The second-order valence-electron chi connectivity index (χ2n) is 8.80. The van der Waals surface area contributed by atoms with Crippen LogP contribution in [-0.4, -0.2) is 23.4 Å². The van der Waals surface area contributed by atoms with Gasteiger partial charge in [-0.05, 0) is 52.8 Å². The van der Waals surface area contributed by atoms with Gasteiger partial charge in [0.05, 0.1) is 21.7 Å². The number of carbonyl (C=O) groups is 1. The predicted octanol–water partition coefficient (Wildman–Crippen LogP) is 7.95. The predicted molar refractivity (Wildman–Crippen MR) is 118 cm³/mol. The maximum Gasteiger partial charge on any atom is 0.412 e. The van der Waals surface area contributed by atoms with Crippen molar-refractivity contribution >= 4 is 41.1 Å². The van der Waals surface area contributed by atoms with Crippen LogP contribution in [0, 0.1) is 11.2 Å². The molecule has 1 aliphatic heterocycles. The molecule has 2 atom stereocenters. The Morgan fingerprint density at radius 2 is 1.75 bits per heavy atom. The molecule has 1 N–H and O–H groups in total. The van der Waals surface area contributed by atoms with Crippen LogP contribution >= 0.6 is 23.2 Å². The summed E-state index contributed by atoms with van der Waals surface area (Å²) in [5.74, 6) is -3.03. The van der Waals surface area contributed by atoms with Crippen LogP contribution in [0.15, 0.2) is 36.4 Å². The standard InChI is InChI=1S/C23H21Cl2F4NO2/c1-22(2,3)19-11-14-8-12(5-7-18(14)30(19)21(31)32)4-6-15(23(27,28)29)13-9-16(24)20(26)17(25)10-13/h4-10,15,19H,11H2,1-3H3,(H,31,32). The molecule has 2 aromatic carbocycles. The second-order valence-corrected chi connectivity index (χ2v) is 9.62. The summed E-state index contributed by atoms with van der Waals surface area (Å²) in [7, 11) is 0. The summed E-state index contributed by atoms with van der Waals surface area (Å²) in [6.07, 6.45) is -3.02. The van der Waals surface area contributed by atoms with Crippen molar-refractivity contribution in [1.82, 2.24) is 0 Å². The van der Waals surface area contributed by atoms with Crippen molar-refractivity contribution < 1.29 is 27.5 Å². The zero-order valence-electron chi connectivity index (χ0n) is 17.5. The van der Waals surface area contributed by atoms with E-state index in [2.05, 4.69) is 0 Å². The lowest BCUT2D eigenvalue weighted by Crippen LogP contribution is -2.44. The van der Waals surface area contributed by atoms with Crippen LogP contribution in [0.5, 0.6) is 0 Å². The van der Waals surface area contributed by atoms with Crippen molar-refractivity contribution in [2.45, 2.75) is 45.3 Å². The molecule has 1 heterocycles. The van der Waals surface area contributed by atoms with Gasteiger partial charge in [-0.2, -0.15) is 13.2 Å². The average Bonchev–Trinajstić information content (AvgIpc) is 3.04. The number of fused-ring (bicyclic) bond motifs is 1. The Morgan fingerprint density at radius 3 is 2.25 bits per heavy atom. The Balaban J connectivity index is 1.96. The summed E-state index contributed by atoms with van der Waals surface area (Å²) in [4.78, 5) is 13.1. The highest BCUT2D eigenvalue weighted by Crippen LogP contribution is 2.42. The lowest BCUT2D eigenvalue weighted by atomic mass is 9.84. The van der Waals surface area contributed by atoms with Gasteiger partial charge >= 0.3 is 12.3 Å². The molecule has 1 aliphatic rings. The molecule has 0 saturated heterocycles. The molecule has 2 aromatic rings. The second kappa shape index (κ2) is 8.60. The molecule has 0 spiro atoms. The molecule has 0 aromatic heterocycles. The van der Waals surface area contributed by atoms with Crippen LogP contribution in [0.25, 0.3) is 6.08 Å². The topological polar surface area (TPSA) is 40.5 Å². The van der Waals surface area contributed by atoms with E-state index in [9.17, 15) is 27.5 Å². The SMILES string of the molecule is CC(C)(C)C1Cc2cc(C=CC(c3cc(Cl)c(F)c(Cl)c3)C(F)(F)F)ccc2N1C(=O)O. The molecule has 0 saturated carbocycles. The van der Waals surface area contributed by atoms with Gasteiger partial charge in [0.15, 0.2) is 5.82 Å². The van der Waals surface area contributed by atoms with E-state index in [0.717, 1.165) is 23.8 Å². The maximum absolute atomic E-state index is 13.7. The third kappa shape index (κ3) is 4.89. The zero-order valence-corrected chi connectivity index (χ0v) is 19.0. The van der Waals surface area contributed by atoms with E-state index in [1.807, 2.05) is 20.8 Å². The van der Waals surface area contributed by atoms with Gasteiger partial charge in [-0.25, -0.2) is 9.18 Å². The van der Waals surface area contributed by atoms with Crippen molar-refractivity contribution in [2.24, 2.45) is 5.41 Å². The average molecular weight is 490 g/mol. The van der Waals surface area contributed by atoms with Crippen molar-refractivity contribution in [2.75, 3.05) is 4.90 Å². The van der Waals surface area contributed by atoms with Gasteiger partial charge in [-0.15, -0.1) is 0 Å². The van der Waals surface area contributed by atoms with Crippen LogP contribution in [0.2, 0.25) is 10.0 Å². The number of hydrogen-bond donors (Lipinski definition) is 1. The van der Waals surface area contributed by atoms with Gasteiger partial charge in [0.2, 0.25) is 0 Å². The summed E-state index contributed by atoms with van der Waals surface area (Å²) in [6, 6.07) is 6.38. The first-order valence-electron chi connectivity index (χ1n) is 9.74.